The fraction of sp³-hybridized carbons (Fsp3) is 0.130. The van der Waals surface area contributed by atoms with Crippen molar-refractivity contribution >= 4 is 27.8 Å². The molecule has 142 valence electrons. The number of carbonyl (C=O) groups excluding carboxylic acids is 1. The minimum atomic E-state index is -1.19. The van der Waals surface area contributed by atoms with Crippen LogP contribution in [0.3, 0.4) is 0 Å². The van der Waals surface area contributed by atoms with E-state index >= 15 is 0 Å². The fourth-order valence-corrected chi connectivity index (χ4v) is 3.72. The molecule has 1 unspecified atom stereocenters. The second-order valence-corrected chi connectivity index (χ2v) is 7.63. The summed E-state index contributed by atoms with van der Waals surface area (Å²) in [6.07, 6.45) is 0.203. The van der Waals surface area contributed by atoms with Crippen LogP contribution in [-0.4, -0.2) is 23.0 Å². The molecule has 0 saturated heterocycles. The van der Waals surface area contributed by atoms with Crippen molar-refractivity contribution in [3.8, 4) is 0 Å². The third kappa shape index (κ3) is 4.31. The highest BCUT2D eigenvalue weighted by Crippen LogP contribution is 2.39. The van der Waals surface area contributed by atoms with Gasteiger partial charge in [-0.3, -0.25) is 4.79 Å². The summed E-state index contributed by atoms with van der Waals surface area (Å²) in [5, 5.41) is 12.4. The van der Waals surface area contributed by atoms with Gasteiger partial charge in [-0.15, -0.1) is 0 Å². The number of amides is 1. The van der Waals surface area contributed by atoms with E-state index in [1.807, 2.05) is 91.0 Å². The molecular formula is C23H20BrNO3. The van der Waals surface area contributed by atoms with E-state index < -0.39 is 22.2 Å². The second-order valence-electron chi connectivity index (χ2n) is 6.44. The van der Waals surface area contributed by atoms with Crippen molar-refractivity contribution in [2.45, 2.75) is 16.8 Å². The highest BCUT2D eigenvalue weighted by molar-refractivity contribution is 9.10. The standard InChI is InChI=1S/C23H20BrNO3/c24-23(18-12-6-2-7-13-18,19-14-8-3-9-15-19)22(28)25-20(21(26)27)16-17-10-4-1-5-11-17/h1-15,20H,16H2,(H,25,28)(H,26,27). The summed E-state index contributed by atoms with van der Waals surface area (Å²) in [7, 11) is 0. The maximum Gasteiger partial charge on any atom is 0.326 e. The number of carbonyl (C=O) groups is 2. The Bertz CT molecular complexity index is 890. The van der Waals surface area contributed by atoms with Gasteiger partial charge in [0.1, 0.15) is 6.04 Å². The Morgan fingerprint density at radius 1 is 0.821 bits per heavy atom. The first-order valence-electron chi connectivity index (χ1n) is 8.89. The Hall–Kier alpha value is -2.92. The van der Waals surface area contributed by atoms with Gasteiger partial charge in [0.25, 0.3) is 0 Å². The fourth-order valence-electron chi connectivity index (χ4n) is 3.07. The number of nitrogens with one attached hydrogen (secondary N) is 1. The van der Waals surface area contributed by atoms with Gasteiger partial charge in [-0.1, -0.05) is 107 Å². The van der Waals surface area contributed by atoms with Crippen LogP contribution in [0, 0.1) is 0 Å². The van der Waals surface area contributed by atoms with Crippen molar-refractivity contribution in [2.75, 3.05) is 0 Å². The van der Waals surface area contributed by atoms with E-state index in [0.29, 0.717) is 0 Å². The lowest BCUT2D eigenvalue weighted by Gasteiger charge is -2.29. The first-order chi connectivity index (χ1) is 13.5. The number of rotatable bonds is 7. The number of aliphatic carboxylic acids is 1. The van der Waals surface area contributed by atoms with Gasteiger partial charge >= 0.3 is 5.97 Å². The molecule has 28 heavy (non-hydrogen) atoms. The number of halogens is 1. The maximum absolute atomic E-state index is 13.3. The average molecular weight is 438 g/mol. The first kappa shape index (κ1) is 19.8. The summed E-state index contributed by atoms with van der Waals surface area (Å²) in [5.74, 6) is -1.50. The van der Waals surface area contributed by atoms with Crippen LogP contribution >= 0.6 is 15.9 Å². The Labute approximate surface area is 172 Å². The Morgan fingerprint density at radius 3 is 1.68 bits per heavy atom. The number of carboxylic acid groups (broad SMARTS) is 1. The van der Waals surface area contributed by atoms with E-state index in [-0.39, 0.29) is 6.42 Å². The molecule has 0 fully saturated rings. The molecule has 0 saturated carbocycles. The zero-order valence-corrected chi connectivity index (χ0v) is 16.7. The van der Waals surface area contributed by atoms with Crippen molar-refractivity contribution in [1.82, 2.24) is 5.32 Å². The summed E-state index contributed by atoms with van der Waals surface area (Å²) in [4.78, 5) is 25.2. The smallest absolute Gasteiger partial charge is 0.326 e. The predicted molar refractivity (Wildman–Crippen MR) is 112 cm³/mol. The van der Waals surface area contributed by atoms with E-state index in [0.717, 1.165) is 16.7 Å². The molecule has 0 bridgehead atoms. The monoisotopic (exact) mass is 437 g/mol. The van der Waals surface area contributed by atoms with Crippen molar-refractivity contribution in [3.63, 3.8) is 0 Å². The maximum atomic E-state index is 13.3. The summed E-state index contributed by atoms with van der Waals surface area (Å²) in [5.41, 5.74) is 2.29. The van der Waals surface area contributed by atoms with Crippen LogP contribution < -0.4 is 5.32 Å². The molecule has 3 aromatic carbocycles. The van der Waals surface area contributed by atoms with Crippen LogP contribution in [0.5, 0.6) is 0 Å². The molecule has 0 spiro atoms. The molecular weight excluding hydrogens is 418 g/mol. The molecule has 0 radical (unpaired) electrons. The van der Waals surface area contributed by atoms with E-state index in [2.05, 4.69) is 21.2 Å². The van der Waals surface area contributed by atoms with Gasteiger partial charge in [0.15, 0.2) is 4.32 Å². The predicted octanol–water partition coefficient (Wildman–Crippen LogP) is 4.14. The average Bonchev–Trinajstić information content (AvgIpc) is 2.74. The molecule has 1 amide bonds. The van der Waals surface area contributed by atoms with Crippen molar-refractivity contribution in [2.24, 2.45) is 0 Å². The Kier molecular flexibility index (Phi) is 6.26. The number of alkyl halides is 1. The molecule has 1 atom stereocenters. The van der Waals surface area contributed by atoms with Crippen LogP contribution in [-0.2, 0) is 20.3 Å². The molecule has 5 heteroatoms. The lowest BCUT2D eigenvalue weighted by atomic mass is 9.89. The van der Waals surface area contributed by atoms with Crippen molar-refractivity contribution < 1.29 is 14.7 Å². The molecule has 0 aromatic heterocycles. The zero-order chi connectivity index (χ0) is 20.0. The Morgan fingerprint density at radius 2 is 1.25 bits per heavy atom. The molecule has 0 aliphatic heterocycles. The summed E-state index contributed by atoms with van der Waals surface area (Å²) < 4.78 is -1.19. The lowest BCUT2D eigenvalue weighted by molar-refractivity contribution is -0.142. The molecule has 3 aromatic rings. The van der Waals surface area contributed by atoms with Gasteiger partial charge in [-0.2, -0.15) is 0 Å². The Balaban J connectivity index is 1.94. The van der Waals surface area contributed by atoms with E-state index in [9.17, 15) is 14.7 Å². The number of hydrogen-bond donors (Lipinski definition) is 2. The highest BCUT2D eigenvalue weighted by Gasteiger charge is 2.41. The van der Waals surface area contributed by atoms with Crippen LogP contribution in [0.1, 0.15) is 16.7 Å². The van der Waals surface area contributed by atoms with Gasteiger partial charge in [0.05, 0.1) is 0 Å². The SMILES string of the molecule is O=C(O)C(Cc1ccccc1)NC(=O)C(Br)(c1ccccc1)c1ccccc1. The second kappa shape index (κ2) is 8.85. The normalized spacial score (nSPS) is 12.2. The molecule has 0 aliphatic rings. The zero-order valence-electron chi connectivity index (χ0n) is 15.1. The van der Waals surface area contributed by atoms with Crippen molar-refractivity contribution in [3.05, 3.63) is 108 Å². The molecule has 2 N–H and O–H groups in total. The molecule has 4 nitrogen and oxygen atoms in total. The number of benzene rings is 3. The van der Waals surface area contributed by atoms with Gasteiger partial charge in [0, 0.05) is 6.42 Å². The topological polar surface area (TPSA) is 66.4 Å². The van der Waals surface area contributed by atoms with Crippen LogP contribution in [0.15, 0.2) is 91.0 Å². The minimum absolute atomic E-state index is 0.203. The largest absolute Gasteiger partial charge is 0.480 e. The van der Waals surface area contributed by atoms with Gasteiger partial charge in [0.2, 0.25) is 5.91 Å². The number of carboxylic acids is 1. The van der Waals surface area contributed by atoms with Crippen LogP contribution in [0.4, 0.5) is 0 Å². The summed E-state index contributed by atoms with van der Waals surface area (Å²) in [6, 6.07) is 26.7. The first-order valence-corrected chi connectivity index (χ1v) is 9.69. The van der Waals surface area contributed by atoms with Gasteiger partial charge in [-0.05, 0) is 16.7 Å². The highest BCUT2D eigenvalue weighted by atomic mass is 79.9. The molecule has 3 rings (SSSR count). The minimum Gasteiger partial charge on any atom is -0.480 e. The van der Waals surface area contributed by atoms with Gasteiger partial charge in [-0.25, -0.2) is 4.79 Å². The summed E-state index contributed by atoms with van der Waals surface area (Å²) >= 11 is 3.63. The van der Waals surface area contributed by atoms with Crippen LogP contribution in [0.2, 0.25) is 0 Å². The van der Waals surface area contributed by atoms with Crippen molar-refractivity contribution in [1.29, 1.82) is 0 Å². The third-order valence-electron chi connectivity index (χ3n) is 4.54. The molecule has 0 aliphatic carbocycles. The third-order valence-corrected chi connectivity index (χ3v) is 5.82. The summed E-state index contributed by atoms with van der Waals surface area (Å²) in [6.45, 7) is 0. The number of hydrogen-bond acceptors (Lipinski definition) is 2. The van der Waals surface area contributed by atoms with Gasteiger partial charge < -0.3 is 10.4 Å². The van der Waals surface area contributed by atoms with E-state index in [1.54, 1.807) is 0 Å². The lowest BCUT2D eigenvalue weighted by Crippen LogP contribution is -2.49. The van der Waals surface area contributed by atoms with E-state index in [4.69, 9.17) is 0 Å². The quantitative estimate of drug-likeness (QED) is 0.545. The van der Waals surface area contributed by atoms with E-state index in [1.165, 1.54) is 0 Å². The molecule has 0 heterocycles. The van der Waals surface area contributed by atoms with Crippen LogP contribution in [0.25, 0.3) is 0 Å².